The van der Waals surface area contributed by atoms with Crippen LogP contribution < -0.4 is 9.47 Å². The van der Waals surface area contributed by atoms with Gasteiger partial charge in [0.1, 0.15) is 0 Å². The highest BCUT2D eigenvalue weighted by Crippen LogP contribution is 2.41. The van der Waals surface area contributed by atoms with Gasteiger partial charge in [-0.2, -0.15) is 0 Å². The van der Waals surface area contributed by atoms with Crippen LogP contribution in [0.15, 0.2) is 12.1 Å². The predicted molar refractivity (Wildman–Crippen MR) is 49.9 cm³/mol. The lowest BCUT2D eigenvalue weighted by molar-refractivity contribution is 0.142. The molecule has 0 bridgehead atoms. The van der Waals surface area contributed by atoms with Gasteiger partial charge in [-0.25, -0.2) is 0 Å². The Morgan fingerprint density at radius 2 is 1.50 bits per heavy atom. The van der Waals surface area contributed by atoms with Crippen LogP contribution in [0.5, 0.6) is 11.5 Å². The van der Waals surface area contributed by atoms with Crippen molar-refractivity contribution in [2.45, 2.75) is 19.0 Å². The SMILES string of the molecule is Cc1ccc(C)c2c1OC(Br)O2. The molecule has 1 aromatic rings. The minimum absolute atomic E-state index is 0.327. The third-order valence-corrected chi connectivity index (χ3v) is 2.30. The van der Waals surface area contributed by atoms with Crippen LogP contribution in [-0.2, 0) is 0 Å². The number of fused-ring (bicyclic) bond motifs is 1. The Labute approximate surface area is 79.6 Å². The molecule has 0 fully saturated rings. The standard InChI is InChI=1S/C9H9BrO2/c1-5-3-4-6(2)8-7(5)11-9(10)12-8/h3-4,9H,1-2H3. The number of ether oxygens (including phenoxy) is 2. The Kier molecular flexibility index (Phi) is 1.76. The van der Waals surface area contributed by atoms with Crippen molar-refractivity contribution in [3.63, 3.8) is 0 Å². The highest BCUT2D eigenvalue weighted by atomic mass is 79.9. The van der Waals surface area contributed by atoms with Crippen LogP contribution in [0.1, 0.15) is 11.1 Å². The zero-order valence-electron chi connectivity index (χ0n) is 6.93. The third kappa shape index (κ3) is 1.08. The first-order valence-corrected chi connectivity index (χ1v) is 4.67. The quantitative estimate of drug-likeness (QED) is 0.637. The van der Waals surface area contributed by atoms with E-state index >= 15 is 0 Å². The molecule has 0 aromatic heterocycles. The van der Waals surface area contributed by atoms with Gasteiger partial charge in [0.15, 0.2) is 11.5 Å². The van der Waals surface area contributed by atoms with Gasteiger partial charge in [-0.1, -0.05) is 12.1 Å². The zero-order chi connectivity index (χ0) is 8.72. The minimum atomic E-state index is -0.327. The molecule has 64 valence electrons. The number of benzene rings is 1. The molecule has 0 amide bonds. The maximum atomic E-state index is 5.41. The van der Waals surface area contributed by atoms with Gasteiger partial charge in [-0.15, -0.1) is 0 Å². The summed E-state index contributed by atoms with van der Waals surface area (Å²) >= 11 is 3.24. The monoisotopic (exact) mass is 228 g/mol. The van der Waals surface area contributed by atoms with Crippen LogP contribution in [0.25, 0.3) is 0 Å². The molecule has 0 N–H and O–H groups in total. The molecule has 0 radical (unpaired) electrons. The van der Waals surface area contributed by atoms with Gasteiger partial charge >= 0.3 is 0 Å². The summed E-state index contributed by atoms with van der Waals surface area (Å²) in [6, 6.07) is 4.06. The lowest BCUT2D eigenvalue weighted by atomic mass is 10.1. The summed E-state index contributed by atoms with van der Waals surface area (Å²) in [6.45, 7) is 4.01. The van der Waals surface area contributed by atoms with Crippen LogP contribution in [0.3, 0.4) is 0 Å². The molecular formula is C9H9BrO2. The second-order valence-electron chi connectivity index (χ2n) is 2.87. The molecule has 1 heterocycles. The normalized spacial score (nSPS) is 15.2. The largest absolute Gasteiger partial charge is 0.441 e. The zero-order valence-corrected chi connectivity index (χ0v) is 8.51. The first kappa shape index (κ1) is 7.92. The number of hydrogen-bond acceptors (Lipinski definition) is 2. The first-order valence-electron chi connectivity index (χ1n) is 3.76. The van der Waals surface area contributed by atoms with E-state index in [0.29, 0.717) is 0 Å². The van der Waals surface area contributed by atoms with Gasteiger partial charge in [-0.3, -0.25) is 0 Å². The Morgan fingerprint density at radius 3 is 1.92 bits per heavy atom. The Bertz CT molecular complexity index is 292. The summed E-state index contributed by atoms with van der Waals surface area (Å²) in [5.41, 5.74) is 2.22. The fraction of sp³-hybridized carbons (Fsp3) is 0.333. The molecular weight excluding hydrogens is 220 g/mol. The number of halogens is 1. The summed E-state index contributed by atoms with van der Waals surface area (Å²) in [5, 5.41) is -0.327. The van der Waals surface area contributed by atoms with Crippen molar-refractivity contribution >= 4 is 15.9 Å². The van der Waals surface area contributed by atoms with Crippen LogP contribution in [0.4, 0.5) is 0 Å². The maximum absolute atomic E-state index is 5.41. The minimum Gasteiger partial charge on any atom is -0.441 e. The van der Waals surface area contributed by atoms with Gasteiger partial charge < -0.3 is 9.47 Å². The van der Waals surface area contributed by atoms with E-state index in [9.17, 15) is 0 Å². The molecule has 0 atom stereocenters. The fourth-order valence-corrected chi connectivity index (χ4v) is 1.64. The van der Waals surface area contributed by atoms with Crippen molar-refractivity contribution in [1.29, 1.82) is 0 Å². The molecule has 1 aromatic carbocycles. The van der Waals surface area contributed by atoms with Crippen molar-refractivity contribution < 1.29 is 9.47 Å². The fourth-order valence-electron chi connectivity index (χ4n) is 1.26. The van der Waals surface area contributed by atoms with E-state index in [1.54, 1.807) is 0 Å². The molecule has 2 nitrogen and oxygen atoms in total. The van der Waals surface area contributed by atoms with Gasteiger partial charge in [0.2, 0.25) is 0 Å². The lowest BCUT2D eigenvalue weighted by Crippen LogP contribution is -2.07. The third-order valence-electron chi connectivity index (χ3n) is 1.93. The predicted octanol–water partition coefficient (Wildman–Crippen LogP) is 2.75. The second kappa shape index (κ2) is 2.66. The molecule has 2 rings (SSSR count). The first-order chi connectivity index (χ1) is 5.68. The number of aryl methyl sites for hydroxylation is 2. The summed E-state index contributed by atoms with van der Waals surface area (Å²) in [6.07, 6.45) is 0. The molecule has 0 saturated heterocycles. The van der Waals surface area contributed by atoms with Crippen LogP contribution in [-0.4, -0.2) is 5.20 Å². The average molecular weight is 229 g/mol. The average Bonchev–Trinajstić information content (AvgIpc) is 2.41. The Morgan fingerprint density at radius 1 is 1.08 bits per heavy atom. The number of alkyl halides is 1. The summed E-state index contributed by atoms with van der Waals surface area (Å²) in [7, 11) is 0. The van der Waals surface area contributed by atoms with E-state index in [1.807, 2.05) is 26.0 Å². The second-order valence-corrected chi connectivity index (χ2v) is 3.62. The van der Waals surface area contributed by atoms with Gasteiger partial charge in [0, 0.05) is 15.9 Å². The van der Waals surface area contributed by atoms with Crippen molar-refractivity contribution in [1.82, 2.24) is 0 Å². The van der Waals surface area contributed by atoms with Gasteiger partial charge in [-0.05, 0) is 25.0 Å². The van der Waals surface area contributed by atoms with Gasteiger partial charge in [0.25, 0.3) is 5.20 Å². The smallest absolute Gasteiger partial charge is 0.298 e. The molecule has 0 spiro atoms. The van der Waals surface area contributed by atoms with Crippen molar-refractivity contribution in [2.24, 2.45) is 0 Å². The summed E-state index contributed by atoms with van der Waals surface area (Å²) < 4.78 is 10.8. The van der Waals surface area contributed by atoms with Gasteiger partial charge in [0.05, 0.1) is 0 Å². The van der Waals surface area contributed by atoms with Crippen molar-refractivity contribution in [3.8, 4) is 11.5 Å². The Balaban J connectivity index is 2.56. The van der Waals surface area contributed by atoms with E-state index in [-0.39, 0.29) is 5.20 Å². The molecule has 1 aliphatic rings. The van der Waals surface area contributed by atoms with E-state index in [1.165, 1.54) is 0 Å². The van der Waals surface area contributed by atoms with E-state index in [2.05, 4.69) is 15.9 Å². The topological polar surface area (TPSA) is 18.5 Å². The molecule has 0 aliphatic carbocycles. The van der Waals surface area contributed by atoms with Crippen LogP contribution >= 0.6 is 15.9 Å². The Hall–Kier alpha value is -0.700. The van der Waals surface area contributed by atoms with E-state index < -0.39 is 0 Å². The molecule has 0 unspecified atom stereocenters. The summed E-state index contributed by atoms with van der Waals surface area (Å²) in [4.78, 5) is 0. The highest BCUT2D eigenvalue weighted by molar-refractivity contribution is 9.09. The molecule has 1 aliphatic heterocycles. The van der Waals surface area contributed by atoms with Crippen LogP contribution in [0, 0.1) is 13.8 Å². The number of rotatable bonds is 0. The molecule has 0 saturated carbocycles. The molecule has 12 heavy (non-hydrogen) atoms. The van der Waals surface area contributed by atoms with E-state index in [4.69, 9.17) is 9.47 Å². The van der Waals surface area contributed by atoms with E-state index in [0.717, 1.165) is 22.6 Å². The molecule has 3 heteroatoms. The van der Waals surface area contributed by atoms with Crippen molar-refractivity contribution in [2.75, 3.05) is 0 Å². The highest BCUT2D eigenvalue weighted by Gasteiger charge is 2.24. The number of hydrogen-bond donors (Lipinski definition) is 0. The summed E-state index contributed by atoms with van der Waals surface area (Å²) in [5.74, 6) is 1.72. The van der Waals surface area contributed by atoms with Crippen LogP contribution in [0.2, 0.25) is 0 Å². The maximum Gasteiger partial charge on any atom is 0.298 e. The lowest BCUT2D eigenvalue weighted by Gasteiger charge is -2.01. The van der Waals surface area contributed by atoms with Crippen molar-refractivity contribution in [3.05, 3.63) is 23.3 Å².